The Morgan fingerprint density at radius 2 is 0.374 bits per heavy atom. The van der Waals surface area contributed by atoms with Crippen molar-refractivity contribution in [3.05, 3.63) is 359 Å². The number of hydrogen-bond donors (Lipinski definition) is 0. The summed E-state index contributed by atoms with van der Waals surface area (Å²) in [6, 6.07) is 75.8. The summed E-state index contributed by atoms with van der Waals surface area (Å²) in [5.41, 5.74) is -0.404. The molecule has 3 heterocycles. The largest absolute Gasteiger partial charge is 0.459 e. The normalized spacial score (nSPS) is 22.8. The van der Waals surface area contributed by atoms with Crippen LogP contribution in [0.4, 0.5) is 0 Å². The molecule has 26 heteroatoms. The van der Waals surface area contributed by atoms with Gasteiger partial charge < -0.3 is 75.8 Å². The summed E-state index contributed by atoms with van der Waals surface area (Å²) in [6.45, 7) is -2.61. The van der Waals surface area contributed by atoms with Crippen LogP contribution < -0.4 is 0 Å². The smallest absolute Gasteiger partial charge is 0.338 e. The summed E-state index contributed by atoms with van der Waals surface area (Å²) in [5.74, 6) is -10.5. The monoisotopic (exact) mass is 1560 g/mol. The van der Waals surface area contributed by atoms with Gasteiger partial charge in [-0.15, -0.1) is 0 Å². The second kappa shape index (κ2) is 38.7. The number of hydrogen-bond acceptors (Lipinski definition) is 26. The lowest BCUT2D eigenvalue weighted by Crippen LogP contribution is -2.69. The van der Waals surface area contributed by atoms with Gasteiger partial charge in [-0.2, -0.15) is 0 Å². The van der Waals surface area contributed by atoms with Crippen LogP contribution >= 0.6 is 0 Å². The quantitative estimate of drug-likeness (QED) is 0.0325. The molecule has 10 aromatic rings. The van der Waals surface area contributed by atoms with Crippen molar-refractivity contribution in [3.8, 4) is 0 Å². The summed E-state index contributed by atoms with van der Waals surface area (Å²) in [7, 11) is 1.18. The Morgan fingerprint density at radius 1 is 0.209 bits per heavy atom. The van der Waals surface area contributed by atoms with E-state index in [1.807, 2.05) is 0 Å². The summed E-state index contributed by atoms with van der Waals surface area (Å²) >= 11 is 0. The number of carbonyl (C=O) groups is 10. The standard InChI is InChI=1S/C89H74O26/c1-100-87-74(111-84(97)62-46-26-9-27-47-62)72(69(108-81(94)59-40-20-6-21-41-59)65(104-87)52-101-77(90)55-32-12-2-13-33-55)114-89-76(113-86(99)64-50-30-11-31-51-64)73(70(109-82(95)60-42-22-7-23-43-60)67(106-89)54-103-79(92)57-36-16-4-17-37-57)115-88-75(112-85(98)63-48-28-10-29-49-63)71(110-83(96)61-44-24-8-25-45-61)68(107-80(93)58-38-18-5-19-39-58)66(105-88)53-102-78(91)56-34-14-3-15-35-56/h2-51,65-76,87-89H,52-54H2,1H3/t65-,66-,67-,68+,69+,70+,71+,72+,73+,74-,75-,76-,87-,88+,89+/m1/s1. The highest BCUT2D eigenvalue weighted by molar-refractivity contribution is 5.94. The zero-order valence-electron chi connectivity index (χ0n) is 61.3. The van der Waals surface area contributed by atoms with E-state index in [-0.39, 0.29) is 55.6 Å². The van der Waals surface area contributed by atoms with Crippen LogP contribution in [0.1, 0.15) is 104 Å². The molecule has 26 nitrogen and oxygen atoms in total. The Labute approximate surface area is 658 Å². The molecule has 0 aromatic heterocycles. The fraction of sp³-hybridized carbons (Fsp3) is 0.213. The van der Waals surface area contributed by atoms with Crippen molar-refractivity contribution in [2.45, 2.75) is 92.1 Å². The number of benzene rings is 10. The van der Waals surface area contributed by atoms with Crippen LogP contribution in [0.2, 0.25) is 0 Å². The molecule has 15 atom stereocenters. The Hall–Kier alpha value is -13.3. The van der Waals surface area contributed by atoms with Crippen molar-refractivity contribution in [2.75, 3.05) is 26.9 Å². The van der Waals surface area contributed by atoms with E-state index in [1.165, 1.54) is 177 Å². The molecule has 3 aliphatic rings. The summed E-state index contributed by atoms with van der Waals surface area (Å²) in [5, 5.41) is 0. The SMILES string of the molecule is CO[C@@H]1O[C@H](COC(=O)c2ccccc2)[C@H](OC(=O)c2ccccc2)[C@H](O[C@@H]2O[C@H](COC(=O)c3ccccc3)[C@H](OC(=O)c3ccccc3)[C@H](O[C@@H]3O[C@H](COC(=O)c4ccccc4)[C@H](OC(=O)c4ccccc4)[C@H](OC(=O)c4ccccc4)[C@H]3OC(=O)c3ccccc3)[C@H]2OC(=O)c2ccccc2)[C@H]1OC(=O)c1ccccc1. The molecule has 0 saturated carbocycles. The van der Waals surface area contributed by atoms with Crippen LogP contribution in [0.25, 0.3) is 0 Å². The first-order valence-corrected chi connectivity index (χ1v) is 36.4. The average Bonchev–Trinajstić information content (AvgIpc) is 0.851. The van der Waals surface area contributed by atoms with E-state index < -0.39 is 172 Å². The Bertz CT molecular complexity index is 4920. The Balaban J connectivity index is 1.03. The third-order valence-corrected chi connectivity index (χ3v) is 18.5. The van der Waals surface area contributed by atoms with E-state index in [0.717, 1.165) is 0 Å². The molecule has 586 valence electrons. The van der Waals surface area contributed by atoms with E-state index in [1.54, 1.807) is 133 Å². The minimum Gasteiger partial charge on any atom is -0.459 e. The molecule has 13 rings (SSSR count). The molecule has 3 fully saturated rings. The van der Waals surface area contributed by atoms with E-state index >= 15 is 19.2 Å². The molecule has 3 saturated heterocycles. The summed E-state index contributed by atoms with van der Waals surface area (Å²) in [6.07, 6.45) is -31.0. The first-order valence-electron chi connectivity index (χ1n) is 36.4. The number of rotatable bonds is 28. The van der Waals surface area contributed by atoms with Crippen molar-refractivity contribution < 1.29 is 124 Å². The molecule has 10 aromatic carbocycles. The van der Waals surface area contributed by atoms with Gasteiger partial charge in [-0.25, -0.2) is 47.9 Å². The molecule has 115 heavy (non-hydrogen) atoms. The van der Waals surface area contributed by atoms with Crippen LogP contribution in [0, 0.1) is 0 Å². The zero-order valence-corrected chi connectivity index (χ0v) is 61.3. The minimum absolute atomic E-state index is 0.0145. The maximum atomic E-state index is 15.5. The predicted octanol–water partition coefficient (Wildman–Crippen LogP) is 11.7. The van der Waals surface area contributed by atoms with Crippen molar-refractivity contribution >= 4 is 59.7 Å². The topological polar surface area (TPSA) is 318 Å². The van der Waals surface area contributed by atoms with Gasteiger partial charge in [-0.05, 0) is 121 Å². The van der Waals surface area contributed by atoms with Crippen molar-refractivity contribution in [1.82, 2.24) is 0 Å². The fourth-order valence-corrected chi connectivity index (χ4v) is 12.8. The lowest BCUT2D eigenvalue weighted by Gasteiger charge is -2.50. The number of esters is 10. The third-order valence-electron chi connectivity index (χ3n) is 18.5. The van der Waals surface area contributed by atoms with Gasteiger partial charge in [0.15, 0.2) is 61.6 Å². The van der Waals surface area contributed by atoms with Crippen LogP contribution in [0.15, 0.2) is 303 Å². The highest BCUT2D eigenvalue weighted by atomic mass is 16.8. The molecule has 0 spiro atoms. The zero-order chi connectivity index (χ0) is 80.0. The lowest BCUT2D eigenvalue weighted by molar-refractivity contribution is -0.376. The van der Waals surface area contributed by atoms with Gasteiger partial charge in [0.25, 0.3) is 0 Å². The number of carbonyl (C=O) groups excluding carboxylic acids is 10. The van der Waals surface area contributed by atoms with Gasteiger partial charge in [-0.1, -0.05) is 182 Å². The molecule has 3 aliphatic heterocycles. The van der Waals surface area contributed by atoms with E-state index in [4.69, 9.17) is 75.8 Å². The van der Waals surface area contributed by atoms with Gasteiger partial charge in [-0.3, -0.25) is 0 Å². The van der Waals surface area contributed by atoms with Crippen LogP contribution in [-0.2, 0) is 75.8 Å². The summed E-state index contributed by atoms with van der Waals surface area (Å²) in [4.78, 5) is 149. The Morgan fingerprint density at radius 3 is 0.591 bits per heavy atom. The average molecular weight is 1560 g/mol. The molecule has 0 bridgehead atoms. The molecular formula is C89H74O26. The van der Waals surface area contributed by atoms with E-state index in [2.05, 4.69) is 0 Å². The van der Waals surface area contributed by atoms with Crippen LogP contribution in [-0.4, -0.2) is 179 Å². The molecule has 0 N–H and O–H groups in total. The summed E-state index contributed by atoms with van der Waals surface area (Å²) < 4.78 is 105. The Kier molecular flexibility index (Phi) is 26.9. The predicted molar refractivity (Wildman–Crippen MR) is 402 cm³/mol. The molecule has 0 radical (unpaired) electrons. The van der Waals surface area contributed by atoms with Crippen LogP contribution in [0.5, 0.6) is 0 Å². The van der Waals surface area contributed by atoms with Crippen LogP contribution in [0.3, 0.4) is 0 Å². The highest BCUT2D eigenvalue weighted by Gasteiger charge is 2.61. The minimum atomic E-state index is -2.36. The second-order valence-corrected chi connectivity index (χ2v) is 26.1. The van der Waals surface area contributed by atoms with Gasteiger partial charge >= 0.3 is 59.7 Å². The molecule has 0 aliphatic carbocycles. The maximum absolute atomic E-state index is 15.5. The molecule has 0 amide bonds. The van der Waals surface area contributed by atoms with Gasteiger partial charge in [0.05, 0.1) is 55.6 Å². The first kappa shape index (κ1) is 79.7. The fourth-order valence-electron chi connectivity index (χ4n) is 12.8. The lowest BCUT2D eigenvalue weighted by atomic mass is 9.94. The highest BCUT2D eigenvalue weighted by Crippen LogP contribution is 2.40. The molecule has 0 unspecified atom stereocenters. The second-order valence-electron chi connectivity index (χ2n) is 26.1. The van der Waals surface area contributed by atoms with E-state index in [0.29, 0.717) is 0 Å². The van der Waals surface area contributed by atoms with Crippen molar-refractivity contribution in [3.63, 3.8) is 0 Å². The molecular weight excluding hydrogens is 1480 g/mol. The first-order chi connectivity index (χ1) is 56.1. The van der Waals surface area contributed by atoms with Gasteiger partial charge in [0, 0.05) is 7.11 Å². The van der Waals surface area contributed by atoms with Gasteiger partial charge in [0.2, 0.25) is 0 Å². The van der Waals surface area contributed by atoms with E-state index in [9.17, 15) is 28.8 Å². The van der Waals surface area contributed by atoms with Crippen molar-refractivity contribution in [2.24, 2.45) is 0 Å². The van der Waals surface area contributed by atoms with Crippen molar-refractivity contribution in [1.29, 1.82) is 0 Å². The third kappa shape index (κ3) is 20.3. The maximum Gasteiger partial charge on any atom is 0.338 e. The number of ether oxygens (including phenoxy) is 16. The number of methoxy groups -OCH3 is 1. The van der Waals surface area contributed by atoms with Gasteiger partial charge in [0.1, 0.15) is 50.3 Å².